The molecule has 11 nitrogen and oxygen atoms in total. The minimum absolute atomic E-state index is 0.0297. The van der Waals surface area contributed by atoms with Crippen molar-refractivity contribution in [3.63, 3.8) is 0 Å². The number of rotatable bonds is 7. The number of carbonyl (C=O) groups is 1. The first-order chi connectivity index (χ1) is 16.6. The van der Waals surface area contributed by atoms with Gasteiger partial charge in [-0.2, -0.15) is 8.42 Å². The molecule has 0 spiro atoms. The summed E-state index contributed by atoms with van der Waals surface area (Å²) in [6.45, 7) is 5.13. The quantitative estimate of drug-likeness (QED) is 0.335. The van der Waals surface area contributed by atoms with E-state index in [0.29, 0.717) is 43.0 Å². The van der Waals surface area contributed by atoms with E-state index in [2.05, 4.69) is 41.4 Å². The molecule has 3 aromatic heterocycles. The van der Waals surface area contributed by atoms with E-state index in [1.165, 1.54) is 0 Å². The summed E-state index contributed by atoms with van der Waals surface area (Å²) in [5, 5.41) is 11.4. The Morgan fingerprint density at radius 1 is 1.31 bits per heavy atom. The van der Waals surface area contributed by atoms with Crippen LogP contribution in [0.2, 0.25) is 0 Å². The molecule has 1 N–H and O–H groups in total. The first kappa shape index (κ1) is 23.2. The van der Waals surface area contributed by atoms with Crippen molar-refractivity contribution in [2.75, 3.05) is 30.5 Å². The molecule has 2 unspecified atom stereocenters. The fraction of sp³-hybridized carbons (Fsp3) is 0.591. The Bertz CT molecular complexity index is 1450. The van der Waals surface area contributed by atoms with Gasteiger partial charge in [-0.15, -0.1) is 10.2 Å². The number of hydrogen-bond acceptors (Lipinski definition) is 10. The Kier molecular flexibility index (Phi) is 5.23. The van der Waals surface area contributed by atoms with Crippen LogP contribution in [0.1, 0.15) is 33.1 Å². The third-order valence-electron chi connectivity index (χ3n) is 8.39. The Morgan fingerprint density at radius 2 is 2.11 bits per heavy atom. The fourth-order valence-corrected chi connectivity index (χ4v) is 8.02. The first-order valence-corrected chi connectivity index (χ1v) is 14.0. The van der Waals surface area contributed by atoms with E-state index in [9.17, 15) is 13.2 Å². The molecule has 3 fully saturated rings. The van der Waals surface area contributed by atoms with Crippen LogP contribution in [0.15, 0.2) is 23.1 Å². The summed E-state index contributed by atoms with van der Waals surface area (Å²) in [6.07, 6.45) is 5.33. The van der Waals surface area contributed by atoms with Crippen LogP contribution in [0.5, 0.6) is 0 Å². The van der Waals surface area contributed by atoms with Gasteiger partial charge < -0.3 is 4.90 Å². The van der Waals surface area contributed by atoms with Crippen LogP contribution in [0.25, 0.3) is 16.8 Å². The summed E-state index contributed by atoms with van der Waals surface area (Å²) in [5.74, 6) is 0.767. The molecule has 0 radical (unpaired) electrons. The van der Waals surface area contributed by atoms with Gasteiger partial charge in [-0.05, 0) is 46.2 Å². The topological polar surface area (TPSA) is 132 Å². The summed E-state index contributed by atoms with van der Waals surface area (Å²) in [6, 6.07) is 1.95. The van der Waals surface area contributed by atoms with Crippen LogP contribution in [-0.2, 0) is 19.1 Å². The smallest absolute Gasteiger partial charge is 0.269 e. The van der Waals surface area contributed by atoms with Gasteiger partial charge >= 0.3 is 0 Å². The van der Waals surface area contributed by atoms with Crippen LogP contribution < -0.4 is 10.2 Å². The van der Waals surface area contributed by atoms with Crippen molar-refractivity contribution in [1.29, 1.82) is 0 Å². The van der Waals surface area contributed by atoms with Crippen LogP contribution >= 0.6 is 15.9 Å². The Hall–Kier alpha value is -2.22. The van der Waals surface area contributed by atoms with Gasteiger partial charge in [-0.3, -0.25) is 18.7 Å². The zero-order valence-corrected chi connectivity index (χ0v) is 21.8. The van der Waals surface area contributed by atoms with Gasteiger partial charge in [0.05, 0.1) is 16.7 Å². The molecule has 3 aliphatic rings. The number of hydrogen-bond donors (Lipinski definition) is 1. The van der Waals surface area contributed by atoms with Crippen LogP contribution in [0.4, 0.5) is 5.82 Å². The van der Waals surface area contributed by atoms with E-state index < -0.39 is 15.5 Å². The minimum atomic E-state index is -3.85. The largest absolute Gasteiger partial charge is 0.350 e. The Balaban J connectivity index is 1.08. The molecular formula is C22H26BrN7O4S. The SMILES string of the molecule is CC1(C)C2CCC1(CS(=O)(=O)OCNC1CN(c3nc4ncc(Br)cc4n4cnnc34)C1)C(=O)C2. The molecule has 186 valence electrons. The number of Topliss-reactive ketones (excluding diaryl/α,β-unsaturated/α-hetero) is 1. The third kappa shape index (κ3) is 3.58. The lowest BCUT2D eigenvalue weighted by molar-refractivity contribution is -0.128. The summed E-state index contributed by atoms with van der Waals surface area (Å²) in [5.41, 5.74) is 0.882. The lowest BCUT2D eigenvalue weighted by Crippen LogP contribution is -2.59. The number of nitrogens with one attached hydrogen (secondary N) is 1. The number of fused-ring (bicyclic) bond motifs is 5. The standard InChI is InChI=1S/C22H26BrN7O4S/c1-21(2)13-3-4-22(21,17(31)5-13)10-35(32,33)34-12-25-15-8-29(9-15)19-20-28-26-11-30(20)16-6-14(23)7-24-18(16)27-19/h6-7,11,13,15,25H,3-5,8-10,12H2,1-2H3. The fourth-order valence-electron chi connectivity index (χ4n) is 6.08. The van der Waals surface area contributed by atoms with Gasteiger partial charge in [-0.1, -0.05) is 13.8 Å². The molecule has 0 amide bonds. The average molecular weight is 564 g/mol. The monoisotopic (exact) mass is 563 g/mol. The van der Waals surface area contributed by atoms with Crippen LogP contribution in [-0.4, -0.2) is 70.4 Å². The number of halogens is 1. The molecule has 2 atom stereocenters. The first-order valence-electron chi connectivity index (χ1n) is 11.6. The molecule has 4 heterocycles. The number of anilines is 1. The van der Waals surface area contributed by atoms with Crippen molar-refractivity contribution in [3.8, 4) is 0 Å². The molecule has 1 saturated heterocycles. The molecule has 0 aromatic carbocycles. The predicted molar refractivity (Wildman–Crippen MR) is 131 cm³/mol. The van der Waals surface area contributed by atoms with E-state index in [1.807, 2.05) is 29.2 Å². The van der Waals surface area contributed by atoms with E-state index in [0.717, 1.165) is 16.4 Å². The minimum Gasteiger partial charge on any atom is -0.350 e. The van der Waals surface area contributed by atoms with Gasteiger partial charge in [0.15, 0.2) is 11.5 Å². The van der Waals surface area contributed by atoms with Crippen LogP contribution in [0, 0.1) is 16.7 Å². The maximum atomic E-state index is 12.8. The van der Waals surface area contributed by atoms with Gasteiger partial charge in [0.2, 0.25) is 5.65 Å². The number of ketones is 1. The number of aromatic nitrogens is 5. The van der Waals surface area contributed by atoms with Crippen molar-refractivity contribution >= 4 is 54.5 Å². The molecule has 1 aliphatic heterocycles. The maximum absolute atomic E-state index is 12.8. The van der Waals surface area contributed by atoms with Gasteiger partial charge in [0.1, 0.15) is 18.8 Å². The lowest BCUT2D eigenvalue weighted by Gasteiger charge is -2.40. The molecule has 2 aliphatic carbocycles. The van der Waals surface area contributed by atoms with Crippen molar-refractivity contribution in [2.45, 2.75) is 39.2 Å². The van der Waals surface area contributed by atoms with Crippen molar-refractivity contribution < 1.29 is 17.4 Å². The molecule has 13 heteroatoms. The van der Waals surface area contributed by atoms with E-state index >= 15 is 0 Å². The molecule has 2 saturated carbocycles. The van der Waals surface area contributed by atoms with Crippen molar-refractivity contribution in [2.24, 2.45) is 16.7 Å². The summed E-state index contributed by atoms with van der Waals surface area (Å²) >= 11 is 3.43. The maximum Gasteiger partial charge on any atom is 0.269 e. The van der Waals surface area contributed by atoms with Crippen molar-refractivity contribution in [3.05, 3.63) is 23.1 Å². The second-order valence-corrected chi connectivity index (χ2v) is 12.9. The van der Waals surface area contributed by atoms with Gasteiger partial charge in [-0.25, -0.2) is 9.97 Å². The number of nitrogens with zero attached hydrogens (tertiary/aromatic N) is 6. The highest BCUT2D eigenvalue weighted by Gasteiger charge is 2.65. The zero-order chi connectivity index (χ0) is 24.6. The second-order valence-electron chi connectivity index (χ2n) is 10.4. The van der Waals surface area contributed by atoms with Gasteiger partial charge in [0.25, 0.3) is 10.1 Å². The van der Waals surface area contributed by atoms with E-state index in [4.69, 9.17) is 4.18 Å². The molecule has 6 rings (SSSR count). The second kappa shape index (κ2) is 7.89. The summed E-state index contributed by atoms with van der Waals surface area (Å²) in [4.78, 5) is 23.8. The summed E-state index contributed by atoms with van der Waals surface area (Å²) in [7, 11) is -3.85. The Labute approximate surface area is 210 Å². The van der Waals surface area contributed by atoms with E-state index in [1.54, 1.807) is 12.5 Å². The highest BCUT2D eigenvalue weighted by atomic mass is 79.9. The van der Waals surface area contributed by atoms with Crippen LogP contribution in [0.3, 0.4) is 0 Å². The lowest BCUT2D eigenvalue weighted by atomic mass is 9.70. The predicted octanol–water partition coefficient (Wildman–Crippen LogP) is 1.91. The summed E-state index contributed by atoms with van der Waals surface area (Å²) < 4.78 is 33.5. The third-order valence-corrected chi connectivity index (χ3v) is 10.1. The van der Waals surface area contributed by atoms with Gasteiger partial charge in [0, 0.05) is 36.2 Å². The zero-order valence-electron chi connectivity index (χ0n) is 19.4. The highest BCUT2D eigenvalue weighted by molar-refractivity contribution is 9.10. The number of carbonyl (C=O) groups excluding carboxylic acids is 1. The highest BCUT2D eigenvalue weighted by Crippen LogP contribution is 2.64. The molecule has 35 heavy (non-hydrogen) atoms. The molecule has 3 aromatic rings. The molecule has 2 bridgehead atoms. The van der Waals surface area contributed by atoms with Crippen molar-refractivity contribution in [1.82, 2.24) is 29.9 Å². The average Bonchev–Trinajstić information content (AvgIpc) is 3.39. The Morgan fingerprint density at radius 3 is 2.83 bits per heavy atom. The normalized spacial score (nSPS) is 26.2. The number of pyridine rings is 1. The van der Waals surface area contributed by atoms with E-state index in [-0.39, 0.29) is 35.6 Å². The molecular weight excluding hydrogens is 538 g/mol.